The van der Waals surface area contributed by atoms with Crippen molar-refractivity contribution in [2.75, 3.05) is 5.75 Å². The lowest BCUT2D eigenvalue weighted by Gasteiger charge is -2.30. The predicted octanol–water partition coefficient (Wildman–Crippen LogP) is 4.72. The normalized spacial score (nSPS) is 19.4. The maximum atomic E-state index is 3.86. The highest BCUT2D eigenvalue weighted by molar-refractivity contribution is 7.98. The molecule has 0 fully saturated rings. The van der Waals surface area contributed by atoms with E-state index >= 15 is 0 Å². The highest BCUT2D eigenvalue weighted by atomic mass is 32.2. The molecule has 0 radical (unpaired) electrons. The van der Waals surface area contributed by atoms with Crippen molar-refractivity contribution in [3.05, 3.63) is 71.3 Å². The molecule has 0 saturated heterocycles. The minimum atomic E-state index is 0.438. The summed E-state index contributed by atoms with van der Waals surface area (Å²) in [4.78, 5) is 0. The molecule has 2 aromatic carbocycles. The summed E-state index contributed by atoms with van der Waals surface area (Å²) in [6.07, 6.45) is 1.12. The van der Waals surface area contributed by atoms with Gasteiger partial charge in [0.2, 0.25) is 0 Å². The molecule has 2 heteroatoms. The minimum Gasteiger partial charge on any atom is -0.302 e. The second-order valence-electron chi connectivity index (χ2n) is 5.30. The monoisotopic (exact) mass is 283 g/mol. The Morgan fingerprint density at radius 1 is 1.10 bits per heavy atom. The molecule has 3 rings (SSSR count). The van der Waals surface area contributed by atoms with Gasteiger partial charge in [0.25, 0.3) is 0 Å². The number of benzene rings is 2. The van der Waals surface area contributed by atoms with Crippen molar-refractivity contribution < 1.29 is 0 Å². The molecule has 0 spiro atoms. The second-order valence-corrected chi connectivity index (χ2v) is 6.33. The number of hydrogen-bond donors (Lipinski definition) is 1. The molecule has 104 valence electrons. The SMILES string of the molecule is CCC(NC1CSCc2ccccc21)c1ccccc1. The van der Waals surface area contributed by atoms with Crippen molar-refractivity contribution in [3.63, 3.8) is 0 Å². The molecule has 20 heavy (non-hydrogen) atoms. The number of hydrogen-bond acceptors (Lipinski definition) is 2. The maximum Gasteiger partial charge on any atom is 0.0419 e. The number of rotatable bonds is 4. The van der Waals surface area contributed by atoms with Crippen molar-refractivity contribution in [3.8, 4) is 0 Å². The molecule has 0 aromatic heterocycles. The summed E-state index contributed by atoms with van der Waals surface area (Å²) in [5.41, 5.74) is 4.37. The predicted molar refractivity (Wildman–Crippen MR) is 88.0 cm³/mol. The van der Waals surface area contributed by atoms with Gasteiger partial charge in [-0.15, -0.1) is 0 Å². The average Bonchev–Trinajstić information content (AvgIpc) is 2.53. The number of nitrogens with one attached hydrogen (secondary N) is 1. The van der Waals surface area contributed by atoms with Crippen LogP contribution in [0.3, 0.4) is 0 Å². The topological polar surface area (TPSA) is 12.0 Å². The van der Waals surface area contributed by atoms with Crippen LogP contribution in [0.2, 0.25) is 0 Å². The summed E-state index contributed by atoms with van der Waals surface area (Å²) >= 11 is 2.03. The van der Waals surface area contributed by atoms with Crippen LogP contribution in [0.25, 0.3) is 0 Å². The molecular weight excluding hydrogens is 262 g/mol. The quantitative estimate of drug-likeness (QED) is 0.871. The van der Waals surface area contributed by atoms with Gasteiger partial charge in [0.05, 0.1) is 0 Å². The maximum absolute atomic E-state index is 3.86. The molecule has 2 aromatic rings. The first-order valence-corrected chi connectivity index (χ1v) is 8.50. The smallest absolute Gasteiger partial charge is 0.0419 e. The summed E-state index contributed by atoms with van der Waals surface area (Å²) in [5.74, 6) is 2.32. The summed E-state index contributed by atoms with van der Waals surface area (Å²) in [6.45, 7) is 2.26. The summed E-state index contributed by atoms with van der Waals surface area (Å²) < 4.78 is 0. The molecule has 1 aliphatic rings. The van der Waals surface area contributed by atoms with Crippen molar-refractivity contribution >= 4 is 11.8 Å². The van der Waals surface area contributed by atoms with E-state index in [1.165, 1.54) is 22.4 Å². The summed E-state index contributed by atoms with van der Waals surface area (Å²) in [7, 11) is 0. The third kappa shape index (κ3) is 2.92. The average molecular weight is 283 g/mol. The zero-order valence-corrected chi connectivity index (χ0v) is 12.7. The Morgan fingerprint density at radius 3 is 2.65 bits per heavy atom. The zero-order chi connectivity index (χ0) is 13.8. The van der Waals surface area contributed by atoms with Gasteiger partial charge in [-0.25, -0.2) is 0 Å². The molecule has 0 aliphatic carbocycles. The van der Waals surface area contributed by atoms with E-state index in [2.05, 4.69) is 66.8 Å². The van der Waals surface area contributed by atoms with E-state index < -0.39 is 0 Å². The van der Waals surface area contributed by atoms with Gasteiger partial charge in [-0.2, -0.15) is 11.8 Å². The van der Waals surface area contributed by atoms with Gasteiger partial charge in [-0.1, -0.05) is 61.5 Å². The molecule has 0 saturated carbocycles. The van der Waals surface area contributed by atoms with Crippen LogP contribution in [0.5, 0.6) is 0 Å². The first-order valence-electron chi connectivity index (χ1n) is 7.35. The lowest BCUT2D eigenvalue weighted by molar-refractivity contribution is 0.457. The fraction of sp³-hybridized carbons (Fsp3) is 0.333. The molecule has 1 nitrogen and oxygen atoms in total. The van der Waals surface area contributed by atoms with E-state index in [4.69, 9.17) is 0 Å². The van der Waals surface area contributed by atoms with Gasteiger partial charge in [-0.3, -0.25) is 0 Å². The fourth-order valence-electron chi connectivity index (χ4n) is 2.90. The van der Waals surface area contributed by atoms with Crippen LogP contribution in [0, 0.1) is 0 Å². The van der Waals surface area contributed by atoms with Crippen molar-refractivity contribution in [1.82, 2.24) is 5.32 Å². The van der Waals surface area contributed by atoms with E-state index in [1.807, 2.05) is 11.8 Å². The van der Waals surface area contributed by atoms with E-state index in [0.717, 1.165) is 12.2 Å². The minimum absolute atomic E-state index is 0.438. The zero-order valence-electron chi connectivity index (χ0n) is 11.9. The van der Waals surface area contributed by atoms with Gasteiger partial charge < -0.3 is 5.32 Å². The van der Waals surface area contributed by atoms with Gasteiger partial charge in [0.1, 0.15) is 0 Å². The van der Waals surface area contributed by atoms with Gasteiger partial charge in [0.15, 0.2) is 0 Å². The Hall–Kier alpha value is -1.25. The van der Waals surface area contributed by atoms with Crippen LogP contribution in [-0.2, 0) is 5.75 Å². The molecule has 1 N–H and O–H groups in total. The molecule has 2 atom stereocenters. The van der Waals surface area contributed by atoms with Crippen LogP contribution < -0.4 is 5.32 Å². The third-order valence-corrected chi connectivity index (χ3v) is 5.07. The highest BCUT2D eigenvalue weighted by Gasteiger charge is 2.22. The number of thioether (sulfide) groups is 1. The van der Waals surface area contributed by atoms with E-state index in [9.17, 15) is 0 Å². The lowest BCUT2D eigenvalue weighted by atomic mass is 9.98. The molecular formula is C18H21NS. The first-order chi connectivity index (χ1) is 9.88. The van der Waals surface area contributed by atoms with E-state index in [1.54, 1.807) is 0 Å². The molecule has 2 unspecified atom stereocenters. The van der Waals surface area contributed by atoms with Crippen LogP contribution in [0.1, 0.15) is 42.1 Å². The molecule has 1 heterocycles. The van der Waals surface area contributed by atoms with Crippen molar-refractivity contribution in [1.29, 1.82) is 0 Å². The van der Waals surface area contributed by atoms with Crippen LogP contribution in [-0.4, -0.2) is 5.75 Å². The van der Waals surface area contributed by atoms with Crippen molar-refractivity contribution in [2.24, 2.45) is 0 Å². The Bertz CT molecular complexity index is 552. The Kier molecular flexibility index (Phi) is 4.44. The summed E-state index contributed by atoms with van der Waals surface area (Å²) in [5, 5.41) is 3.86. The molecule has 0 bridgehead atoms. The van der Waals surface area contributed by atoms with Crippen molar-refractivity contribution in [2.45, 2.75) is 31.2 Å². The Balaban J connectivity index is 1.81. The largest absolute Gasteiger partial charge is 0.302 e. The third-order valence-electron chi connectivity index (χ3n) is 3.99. The first kappa shape index (κ1) is 13.7. The fourth-order valence-corrected chi connectivity index (χ4v) is 4.01. The Labute approximate surface area is 125 Å². The Morgan fingerprint density at radius 2 is 1.85 bits per heavy atom. The molecule has 1 aliphatic heterocycles. The van der Waals surface area contributed by atoms with E-state index in [-0.39, 0.29) is 0 Å². The standard InChI is InChI=1S/C18H21NS/c1-2-17(14-8-4-3-5-9-14)19-18-13-20-12-15-10-6-7-11-16(15)18/h3-11,17-19H,2,12-13H2,1H3. The second kappa shape index (κ2) is 6.47. The summed E-state index contributed by atoms with van der Waals surface area (Å²) in [6, 6.07) is 20.6. The van der Waals surface area contributed by atoms with E-state index in [0.29, 0.717) is 12.1 Å². The van der Waals surface area contributed by atoms with Gasteiger partial charge in [-0.05, 0) is 23.1 Å². The van der Waals surface area contributed by atoms with Crippen LogP contribution in [0.4, 0.5) is 0 Å². The van der Waals surface area contributed by atoms with Gasteiger partial charge in [0, 0.05) is 23.6 Å². The molecule has 0 amide bonds. The highest BCUT2D eigenvalue weighted by Crippen LogP contribution is 2.33. The van der Waals surface area contributed by atoms with Crippen LogP contribution in [0.15, 0.2) is 54.6 Å². The van der Waals surface area contributed by atoms with Gasteiger partial charge >= 0.3 is 0 Å². The lowest BCUT2D eigenvalue weighted by Crippen LogP contribution is -2.30. The number of fused-ring (bicyclic) bond motifs is 1. The van der Waals surface area contributed by atoms with Crippen LogP contribution >= 0.6 is 11.8 Å².